The SMILES string of the molecule is CC(=O)CC[C@H]1CN(c2ccc(N3CCNN(C(=O)Cc4nccs4)CC3)c(F)c2)C(=O)O1. The number of rotatable bonds is 7. The van der Waals surface area contributed by atoms with E-state index in [0.717, 1.165) is 5.01 Å². The molecule has 0 bridgehead atoms. The zero-order chi connectivity index (χ0) is 23.4. The maximum Gasteiger partial charge on any atom is 0.414 e. The third-order valence-corrected chi connectivity index (χ3v) is 6.42. The molecule has 1 atom stereocenters. The molecule has 0 aliphatic carbocycles. The van der Waals surface area contributed by atoms with Gasteiger partial charge in [-0.25, -0.2) is 19.6 Å². The van der Waals surface area contributed by atoms with Crippen LogP contribution in [0.3, 0.4) is 0 Å². The molecule has 2 fully saturated rings. The number of cyclic esters (lactones) is 1. The van der Waals surface area contributed by atoms with Gasteiger partial charge >= 0.3 is 6.09 Å². The first kappa shape index (κ1) is 23.1. The number of aromatic nitrogens is 1. The molecule has 0 radical (unpaired) electrons. The summed E-state index contributed by atoms with van der Waals surface area (Å²) in [6, 6.07) is 4.66. The van der Waals surface area contributed by atoms with Crippen molar-refractivity contribution in [2.45, 2.75) is 32.3 Å². The summed E-state index contributed by atoms with van der Waals surface area (Å²) in [5.74, 6) is -0.486. The maximum absolute atomic E-state index is 15.0. The molecule has 4 rings (SSSR count). The first-order valence-corrected chi connectivity index (χ1v) is 11.7. The van der Waals surface area contributed by atoms with E-state index in [9.17, 15) is 14.4 Å². The van der Waals surface area contributed by atoms with Crippen LogP contribution in [-0.2, 0) is 20.7 Å². The molecule has 11 heteroatoms. The smallest absolute Gasteiger partial charge is 0.414 e. The number of hydrazine groups is 1. The molecule has 2 amide bonds. The van der Waals surface area contributed by atoms with Gasteiger partial charge in [0.05, 0.1) is 30.9 Å². The minimum absolute atomic E-state index is 0.0373. The molecule has 1 aromatic carbocycles. The fourth-order valence-corrected chi connectivity index (χ4v) is 4.52. The summed E-state index contributed by atoms with van der Waals surface area (Å²) in [6.07, 6.45) is 1.78. The third-order valence-electron chi connectivity index (χ3n) is 5.64. The zero-order valence-corrected chi connectivity index (χ0v) is 19.1. The lowest BCUT2D eigenvalue weighted by atomic mass is 10.1. The largest absolute Gasteiger partial charge is 0.444 e. The van der Waals surface area contributed by atoms with Crippen molar-refractivity contribution in [3.8, 4) is 0 Å². The topological polar surface area (TPSA) is 95.1 Å². The third kappa shape index (κ3) is 5.66. The number of hydrogen-bond donors (Lipinski definition) is 1. The Kier molecular flexibility index (Phi) is 7.19. The summed E-state index contributed by atoms with van der Waals surface area (Å²) in [7, 11) is 0. The summed E-state index contributed by atoms with van der Waals surface area (Å²) in [5, 5.41) is 4.16. The van der Waals surface area contributed by atoms with E-state index in [1.165, 1.54) is 29.2 Å². The van der Waals surface area contributed by atoms with Gasteiger partial charge in [0.15, 0.2) is 0 Å². The monoisotopic (exact) mass is 475 g/mol. The molecule has 2 saturated heterocycles. The van der Waals surface area contributed by atoms with Crippen LogP contribution in [0.5, 0.6) is 0 Å². The van der Waals surface area contributed by atoms with Crippen LogP contribution in [0.2, 0.25) is 0 Å². The van der Waals surface area contributed by atoms with E-state index in [1.54, 1.807) is 23.3 Å². The number of hydrogen-bond acceptors (Lipinski definition) is 8. The molecular weight excluding hydrogens is 449 g/mol. The minimum atomic E-state index is -0.538. The summed E-state index contributed by atoms with van der Waals surface area (Å²) in [6.45, 7) is 3.66. The first-order chi connectivity index (χ1) is 15.9. The lowest BCUT2D eigenvalue weighted by Gasteiger charge is -2.24. The van der Waals surface area contributed by atoms with Crippen LogP contribution in [0, 0.1) is 5.82 Å². The van der Waals surface area contributed by atoms with Crippen LogP contribution < -0.4 is 15.2 Å². The Morgan fingerprint density at radius 1 is 1.30 bits per heavy atom. The van der Waals surface area contributed by atoms with E-state index in [4.69, 9.17) is 4.74 Å². The molecule has 0 saturated carbocycles. The Morgan fingerprint density at radius 3 is 2.88 bits per heavy atom. The van der Waals surface area contributed by atoms with Crippen molar-refractivity contribution in [3.05, 3.63) is 40.6 Å². The molecular formula is C22H26FN5O4S. The highest BCUT2D eigenvalue weighted by Crippen LogP contribution is 2.29. The number of Topliss-reactive ketones (excluding diaryl/α,β-unsaturated/α-hetero) is 1. The molecule has 33 heavy (non-hydrogen) atoms. The minimum Gasteiger partial charge on any atom is -0.444 e. The van der Waals surface area contributed by atoms with Gasteiger partial charge in [-0.15, -0.1) is 11.3 Å². The van der Waals surface area contributed by atoms with Gasteiger partial charge in [0.1, 0.15) is 22.7 Å². The van der Waals surface area contributed by atoms with Gasteiger partial charge in [-0.3, -0.25) is 14.7 Å². The van der Waals surface area contributed by atoms with Crippen molar-refractivity contribution in [3.63, 3.8) is 0 Å². The number of carbonyl (C=O) groups is 3. The Balaban J connectivity index is 1.37. The summed E-state index contributed by atoms with van der Waals surface area (Å²) >= 11 is 1.44. The summed E-state index contributed by atoms with van der Waals surface area (Å²) in [5.41, 5.74) is 3.93. The quantitative estimate of drug-likeness (QED) is 0.657. The Bertz CT molecular complexity index is 1020. The normalized spacial score (nSPS) is 18.9. The second-order valence-electron chi connectivity index (χ2n) is 8.04. The number of thiazole rings is 1. The molecule has 9 nitrogen and oxygen atoms in total. The number of anilines is 2. The predicted octanol–water partition coefficient (Wildman–Crippen LogP) is 2.37. The fraction of sp³-hybridized carbons (Fsp3) is 0.455. The molecule has 2 aromatic rings. The van der Waals surface area contributed by atoms with Crippen LogP contribution in [0.15, 0.2) is 29.8 Å². The number of carbonyl (C=O) groups excluding carboxylic acids is 3. The highest BCUT2D eigenvalue weighted by atomic mass is 32.1. The van der Waals surface area contributed by atoms with E-state index >= 15 is 4.39 Å². The van der Waals surface area contributed by atoms with Crippen molar-refractivity contribution in [1.82, 2.24) is 15.4 Å². The van der Waals surface area contributed by atoms with Gasteiger partial charge in [-0.1, -0.05) is 0 Å². The molecule has 1 N–H and O–H groups in total. The van der Waals surface area contributed by atoms with E-state index in [2.05, 4.69) is 10.4 Å². The van der Waals surface area contributed by atoms with E-state index in [1.807, 2.05) is 10.3 Å². The second kappa shape index (κ2) is 10.3. The van der Waals surface area contributed by atoms with Crippen molar-refractivity contribution in [2.24, 2.45) is 0 Å². The number of nitrogens with one attached hydrogen (secondary N) is 1. The molecule has 176 valence electrons. The van der Waals surface area contributed by atoms with Gasteiger partial charge in [0.25, 0.3) is 0 Å². The summed E-state index contributed by atoms with van der Waals surface area (Å²) in [4.78, 5) is 43.4. The van der Waals surface area contributed by atoms with Crippen LogP contribution in [0.1, 0.15) is 24.8 Å². The lowest BCUT2D eigenvalue weighted by Crippen LogP contribution is -2.44. The zero-order valence-electron chi connectivity index (χ0n) is 18.3. The van der Waals surface area contributed by atoms with Crippen LogP contribution in [0.25, 0.3) is 0 Å². The highest BCUT2D eigenvalue weighted by Gasteiger charge is 2.33. The average Bonchev–Trinajstić information content (AvgIpc) is 3.35. The summed E-state index contributed by atoms with van der Waals surface area (Å²) < 4.78 is 20.3. The van der Waals surface area contributed by atoms with Crippen molar-refractivity contribution >= 4 is 40.5 Å². The number of halogens is 1. The number of ether oxygens (including phenoxy) is 1. The molecule has 3 heterocycles. The number of amides is 2. The van der Waals surface area contributed by atoms with E-state index < -0.39 is 11.9 Å². The number of nitrogens with zero attached hydrogens (tertiary/aromatic N) is 4. The predicted molar refractivity (Wildman–Crippen MR) is 122 cm³/mol. The highest BCUT2D eigenvalue weighted by molar-refractivity contribution is 7.09. The molecule has 0 unspecified atom stereocenters. The van der Waals surface area contributed by atoms with Gasteiger partial charge in [-0.05, 0) is 31.5 Å². The Hall–Kier alpha value is -3.05. The van der Waals surface area contributed by atoms with Gasteiger partial charge in [0.2, 0.25) is 5.91 Å². The Morgan fingerprint density at radius 2 is 2.15 bits per heavy atom. The maximum atomic E-state index is 15.0. The van der Waals surface area contributed by atoms with E-state index in [0.29, 0.717) is 50.4 Å². The Labute approximate surface area is 195 Å². The van der Waals surface area contributed by atoms with Gasteiger partial charge < -0.3 is 14.4 Å². The van der Waals surface area contributed by atoms with E-state index in [-0.39, 0.29) is 30.8 Å². The van der Waals surface area contributed by atoms with Crippen molar-refractivity contribution in [1.29, 1.82) is 0 Å². The van der Waals surface area contributed by atoms with Crippen LogP contribution in [-0.4, -0.2) is 66.6 Å². The standard InChI is InChI=1S/C22H26FN5O4S/c1-15(29)2-4-17-14-27(22(31)32-17)16-3-5-19(18(23)12-16)26-8-6-25-28(10-9-26)21(30)13-20-24-7-11-33-20/h3,5,7,11-12,17,25H,2,4,6,8-10,13-14H2,1H3/t17-/m0/s1. The first-order valence-electron chi connectivity index (χ1n) is 10.8. The average molecular weight is 476 g/mol. The van der Waals surface area contributed by atoms with Gasteiger partial charge in [-0.2, -0.15) is 0 Å². The fourth-order valence-electron chi connectivity index (χ4n) is 3.92. The molecule has 2 aliphatic rings. The molecule has 2 aliphatic heterocycles. The van der Waals surface area contributed by atoms with Crippen LogP contribution in [0.4, 0.5) is 20.6 Å². The number of ketones is 1. The molecule has 1 aromatic heterocycles. The van der Waals surface area contributed by atoms with Crippen molar-refractivity contribution in [2.75, 3.05) is 42.5 Å². The van der Waals surface area contributed by atoms with Gasteiger partial charge in [0, 0.05) is 37.6 Å². The lowest BCUT2D eigenvalue weighted by molar-refractivity contribution is -0.133. The second-order valence-corrected chi connectivity index (χ2v) is 9.02. The van der Waals surface area contributed by atoms with Crippen LogP contribution >= 0.6 is 11.3 Å². The van der Waals surface area contributed by atoms with Crippen molar-refractivity contribution < 1.29 is 23.5 Å². The molecule has 0 spiro atoms. The number of benzene rings is 1.